The fourth-order valence-corrected chi connectivity index (χ4v) is 2.68. The highest BCUT2D eigenvalue weighted by Crippen LogP contribution is 2.32. The van der Waals surface area contributed by atoms with Gasteiger partial charge in [0.25, 0.3) is 5.91 Å². The molecule has 1 aromatic heterocycles. The summed E-state index contributed by atoms with van der Waals surface area (Å²) in [5.41, 5.74) is -1.36. The Labute approximate surface area is 167 Å². The first-order valence-corrected chi connectivity index (χ1v) is 8.58. The molecule has 0 aliphatic heterocycles. The number of hydrogen-bond acceptors (Lipinski definition) is 4. The maximum atomic E-state index is 13.6. The van der Waals surface area contributed by atoms with E-state index in [-0.39, 0.29) is 18.1 Å². The highest BCUT2D eigenvalue weighted by Gasteiger charge is 2.42. The number of nitrogens with one attached hydrogen (secondary N) is 2. The molecule has 0 saturated carbocycles. The van der Waals surface area contributed by atoms with E-state index >= 15 is 0 Å². The van der Waals surface area contributed by atoms with Gasteiger partial charge in [0, 0.05) is 19.2 Å². The molecule has 11 heteroatoms. The summed E-state index contributed by atoms with van der Waals surface area (Å²) in [5, 5.41) is 11.7. The summed E-state index contributed by atoms with van der Waals surface area (Å²) in [7, 11) is 0. The predicted molar refractivity (Wildman–Crippen MR) is 98.2 cm³/mol. The van der Waals surface area contributed by atoms with Crippen LogP contribution in [0, 0.1) is 5.82 Å². The number of aromatic nitrogens is 3. The van der Waals surface area contributed by atoms with Crippen LogP contribution in [0.2, 0.25) is 0 Å². The summed E-state index contributed by atoms with van der Waals surface area (Å²) in [6.45, 7) is 1.23. The first kappa shape index (κ1) is 21.0. The number of carbonyl (C=O) groups excluding carboxylic acids is 2. The fourth-order valence-electron chi connectivity index (χ4n) is 2.68. The zero-order valence-electron chi connectivity index (χ0n) is 15.5. The smallest absolute Gasteiger partial charge is 0.346 e. The Morgan fingerprint density at radius 3 is 2.43 bits per heavy atom. The topological polar surface area (TPSA) is 88.9 Å². The van der Waals surface area contributed by atoms with Crippen LogP contribution < -0.4 is 10.6 Å². The number of anilines is 1. The molecule has 0 aliphatic carbocycles. The SMILES string of the molecule is CC(=O)Nc1cccc(CNC(=O)c2nnn(-c3ccc(F)cc3)c2C(F)(F)F)c1. The summed E-state index contributed by atoms with van der Waals surface area (Å²) < 4.78 is 54.3. The van der Waals surface area contributed by atoms with E-state index in [1.54, 1.807) is 24.3 Å². The Morgan fingerprint density at radius 2 is 1.80 bits per heavy atom. The number of amides is 2. The summed E-state index contributed by atoms with van der Waals surface area (Å²) in [5.74, 6) is -2.00. The van der Waals surface area contributed by atoms with E-state index in [0.717, 1.165) is 24.3 Å². The quantitative estimate of drug-likeness (QED) is 0.619. The molecule has 0 unspecified atom stereocenters. The molecule has 0 radical (unpaired) electrons. The standard InChI is InChI=1S/C19H15F4N5O2/c1-11(29)25-14-4-2-3-12(9-14)10-24-18(30)16-17(19(21,22)23)28(27-26-16)15-7-5-13(20)6-8-15/h2-9H,10H2,1H3,(H,24,30)(H,25,29). The average Bonchev–Trinajstić information content (AvgIpc) is 3.12. The fraction of sp³-hybridized carbons (Fsp3) is 0.158. The number of halogens is 4. The minimum atomic E-state index is -4.93. The van der Waals surface area contributed by atoms with Crippen LogP contribution in [0.4, 0.5) is 23.2 Å². The number of nitrogens with zero attached hydrogens (tertiary/aromatic N) is 3. The monoisotopic (exact) mass is 421 g/mol. The van der Waals surface area contributed by atoms with Crippen molar-refractivity contribution in [3.05, 3.63) is 71.3 Å². The van der Waals surface area contributed by atoms with Crippen molar-refractivity contribution in [2.45, 2.75) is 19.6 Å². The number of carbonyl (C=O) groups is 2. The molecule has 1 heterocycles. The summed E-state index contributed by atoms with van der Waals surface area (Å²) in [4.78, 5) is 23.5. The second kappa shape index (κ2) is 8.31. The van der Waals surface area contributed by atoms with Gasteiger partial charge in [-0.25, -0.2) is 9.07 Å². The van der Waals surface area contributed by atoms with E-state index in [4.69, 9.17) is 0 Å². The van der Waals surface area contributed by atoms with Crippen molar-refractivity contribution in [2.24, 2.45) is 0 Å². The van der Waals surface area contributed by atoms with Gasteiger partial charge in [-0.15, -0.1) is 5.10 Å². The molecular formula is C19H15F4N5O2. The van der Waals surface area contributed by atoms with Crippen LogP contribution in [0.25, 0.3) is 5.69 Å². The summed E-state index contributed by atoms with van der Waals surface area (Å²) >= 11 is 0. The minimum absolute atomic E-state index is 0.0988. The lowest BCUT2D eigenvalue weighted by Gasteiger charge is -2.11. The molecular weight excluding hydrogens is 406 g/mol. The lowest BCUT2D eigenvalue weighted by Crippen LogP contribution is -2.27. The van der Waals surface area contributed by atoms with E-state index in [1.165, 1.54) is 6.92 Å². The van der Waals surface area contributed by atoms with E-state index in [1.807, 2.05) is 0 Å². The molecule has 7 nitrogen and oxygen atoms in total. The first-order valence-electron chi connectivity index (χ1n) is 8.58. The molecule has 156 valence electrons. The molecule has 3 aromatic rings. The van der Waals surface area contributed by atoms with Crippen molar-refractivity contribution < 1.29 is 27.2 Å². The van der Waals surface area contributed by atoms with Crippen molar-refractivity contribution in [1.29, 1.82) is 0 Å². The third kappa shape index (κ3) is 4.80. The van der Waals surface area contributed by atoms with Crippen molar-refractivity contribution >= 4 is 17.5 Å². The van der Waals surface area contributed by atoms with Gasteiger partial charge in [-0.05, 0) is 42.0 Å². The average molecular weight is 421 g/mol. The van der Waals surface area contributed by atoms with Gasteiger partial charge in [-0.3, -0.25) is 9.59 Å². The maximum Gasteiger partial charge on any atom is 0.435 e. The molecule has 2 amide bonds. The van der Waals surface area contributed by atoms with Gasteiger partial charge in [0.15, 0.2) is 11.4 Å². The highest BCUT2D eigenvalue weighted by molar-refractivity contribution is 5.93. The van der Waals surface area contributed by atoms with Gasteiger partial charge in [0.1, 0.15) is 5.82 Å². The molecule has 3 rings (SSSR count). The number of benzene rings is 2. The Balaban J connectivity index is 1.84. The zero-order chi connectivity index (χ0) is 21.9. The van der Waals surface area contributed by atoms with Gasteiger partial charge >= 0.3 is 6.18 Å². The van der Waals surface area contributed by atoms with Crippen LogP contribution in [0.15, 0.2) is 48.5 Å². The summed E-state index contributed by atoms with van der Waals surface area (Å²) in [6.07, 6.45) is -4.93. The van der Waals surface area contributed by atoms with Crippen LogP contribution in [-0.2, 0) is 17.5 Å². The number of alkyl halides is 3. The van der Waals surface area contributed by atoms with Crippen LogP contribution in [0.5, 0.6) is 0 Å². The lowest BCUT2D eigenvalue weighted by atomic mass is 10.2. The van der Waals surface area contributed by atoms with Crippen molar-refractivity contribution in [3.63, 3.8) is 0 Å². The van der Waals surface area contributed by atoms with E-state index in [9.17, 15) is 27.2 Å². The third-order valence-electron chi connectivity index (χ3n) is 3.93. The Hall–Kier alpha value is -3.76. The molecule has 0 atom stereocenters. The minimum Gasteiger partial charge on any atom is -0.346 e. The van der Waals surface area contributed by atoms with E-state index in [2.05, 4.69) is 20.9 Å². The zero-order valence-corrected chi connectivity index (χ0v) is 15.5. The van der Waals surface area contributed by atoms with Gasteiger partial charge in [0.05, 0.1) is 5.69 Å². The first-order chi connectivity index (χ1) is 14.1. The number of rotatable bonds is 5. The molecule has 2 aromatic carbocycles. The largest absolute Gasteiger partial charge is 0.435 e. The van der Waals surface area contributed by atoms with Crippen molar-refractivity contribution in [3.8, 4) is 5.69 Å². The third-order valence-corrected chi connectivity index (χ3v) is 3.93. The van der Waals surface area contributed by atoms with Gasteiger partial charge < -0.3 is 10.6 Å². The van der Waals surface area contributed by atoms with Gasteiger partial charge in [-0.1, -0.05) is 17.3 Å². The Morgan fingerprint density at radius 1 is 1.10 bits per heavy atom. The van der Waals surface area contributed by atoms with Crippen LogP contribution in [-0.4, -0.2) is 26.8 Å². The van der Waals surface area contributed by atoms with Crippen LogP contribution in [0.1, 0.15) is 28.7 Å². The lowest BCUT2D eigenvalue weighted by molar-refractivity contribution is -0.143. The second-order valence-electron chi connectivity index (χ2n) is 6.24. The Kier molecular flexibility index (Phi) is 5.81. The molecule has 0 aliphatic rings. The molecule has 2 N–H and O–H groups in total. The maximum absolute atomic E-state index is 13.6. The predicted octanol–water partition coefficient (Wildman–Crippen LogP) is 3.31. The molecule has 0 fully saturated rings. The molecule has 0 spiro atoms. The van der Waals surface area contributed by atoms with E-state index < -0.39 is 29.3 Å². The van der Waals surface area contributed by atoms with E-state index in [0.29, 0.717) is 15.9 Å². The molecule has 0 saturated heterocycles. The van der Waals surface area contributed by atoms with Crippen molar-refractivity contribution in [2.75, 3.05) is 5.32 Å². The van der Waals surface area contributed by atoms with Gasteiger partial charge in [0.2, 0.25) is 5.91 Å². The second-order valence-corrected chi connectivity index (χ2v) is 6.24. The summed E-state index contributed by atoms with van der Waals surface area (Å²) in [6, 6.07) is 10.6. The van der Waals surface area contributed by atoms with Gasteiger partial charge in [-0.2, -0.15) is 13.2 Å². The van der Waals surface area contributed by atoms with Crippen LogP contribution in [0.3, 0.4) is 0 Å². The highest BCUT2D eigenvalue weighted by atomic mass is 19.4. The Bertz CT molecular complexity index is 1080. The molecule has 30 heavy (non-hydrogen) atoms. The number of hydrogen-bond donors (Lipinski definition) is 2. The molecule has 0 bridgehead atoms. The normalized spacial score (nSPS) is 11.2. The van der Waals surface area contributed by atoms with Crippen molar-refractivity contribution in [1.82, 2.24) is 20.3 Å². The van der Waals surface area contributed by atoms with Crippen LogP contribution >= 0.6 is 0 Å².